The van der Waals surface area contributed by atoms with E-state index in [1.54, 1.807) is 0 Å². The maximum atomic E-state index is 14.9. The highest BCUT2D eigenvalue weighted by Gasteiger charge is 2.39. The van der Waals surface area contributed by atoms with Gasteiger partial charge in [-0.1, -0.05) is 31.3 Å². The number of hydrogen-bond acceptors (Lipinski definition) is 2. The SMILES string of the molecule is CCCCOc1ccc(-c2ccc(C(F)(F)Oc3cc(F)c(C#Cc4cc(F)c(C(F)(F)F)c(F)c4)c(F)c3)c(F)c2)c(F)c1. The first-order chi connectivity index (χ1) is 21.1. The van der Waals surface area contributed by atoms with E-state index in [1.165, 1.54) is 12.1 Å². The van der Waals surface area contributed by atoms with Gasteiger partial charge in [0.25, 0.3) is 0 Å². The van der Waals surface area contributed by atoms with Gasteiger partial charge in [0.15, 0.2) is 0 Å². The Kier molecular flexibility index (Phi) is 9.65. The predicted molar refractivity (Wildman–Crippen MR) is 140 cm³/mol. The van der Waals surface area contributed by atoms with Crippen LogP contribution in [0.25, 0.3) is 11.1 Å². The fourth-order valence-corrected chi connectivity index (χ4v) is 4.05. The third-order valence-corrected chi connectivity index (χ3v) is 6.22. The number of ether oxygens (including phenoxy) is 2. The zero-order valence-electron chi connectivity index (χ0n) is 22.9. The van der Waals surface area contributed by atoms with E-state index in [4.69, 9.17) is 4.74 Å². The van der Waals surface area contributed by atoms with Crippen LogP contribution in [0.2, 0.25) is 0 Å². The van der Waals surface area contributed by atoms with E-state index in [2.05, 4.69) is 4.74 Å². The third kappa shape index (κ3) is 7.68. The summed E-state index contributed by atoms with van der Waals surface area (Å²) in [5.74, 6) is -6.72. The first-order valence-electron chi connectivity index (χ1n) is 13.0. The van der Waals surface area contributed by atoms with Crippen molar-refractivity contribution in [1.29, 1.82) is 0 Å². The Bertz CT molecular complexity index is 1740. The molecule has 4 aromatic carbocycles. The summed E-state index contributed by atoms with van der Waals surface area (Å²) in [7, 11) is 0. The molecule has 0 aliphatic carbocycles. The second-order valence-corrected chi connectivity index (χ2v) is 9.48. The monoisotopic (exact) mass is 644 g/mol. The molecule has 13 heteroatoms. The van der Waals surface area contributed by atoms with Crippen molar-refractivity contribution >= 4 is 0 Å². The van der Waals surface area contributed by atoms with Gasteiger partial charge in [0.2, 0.25) is 0 Å². The van der Waals surface area contributed by atoms with Crippen molar-refractivity contribution in [2.24, 2.45) is 0 Å². The Morgan fingerprint density at radius 1 is 0.644 bits per heavy atom. The average molecular weight is 644 g/mol. The van der Waals surface area contributed by atoms with Gasteiger partial charge in [0.1, 0.15) is 52.0 Å². The van der Waals surface area contributed by atoms with Crippen molar-refractivity contribution in [1.82, 2.24) is 0 Å². The van der Waals surface area contributed by atoms with E-state index >= 15 is 0 Å². The Balaban J connectivity index is 1.54. The normalized spacial score (nSPS) is 11.6. The zero-order valence-corrected chi connectivity index (χ0v) is 22.9. The molecule has 0 saturated carbocycles. The Labute approximate surface area is 249 Å². The average Bonchev–Trinajstić information content (AvgIpc) is 2.91. The molecule has 0 N–H and O–H groups in total. The van der Waals surface area contributed by atoms with Crippen LogP contribution in [-0.2, 0) is 12.3 Å². The molecule has 0 atom stereocenters. The van der Waals surface area contributed by atoms with Crippen LogP contribution in [0.3, 0.4) is 0 Å². The van der Waals surface area contributed by atoms with Crippen LogP contribution in [-0.4, -0.2) is 6.61 Å². The molecule has 0 amide bonds. The molecule has 4 aromatic rings. The van der Waals surface area contributed by atoms with E-state index in [1.807, 2.05) is 18.8 Å². The van der Waals surface area contributed by atoms with Crippen molar-refractivity contribution in [2.45, 2.75) is 32.1 Å². The molecule has 45 heavy (non-hydrogen) atoms. The van der Waals surface area contributed by atoms with Gasteiger partial charge in [-0.05, 0) is 48.4 Å². The minimum absolute atomic E-state index is 0.0996. The summed E-state index contributed by atoms with van der Waals surface area (Å²) in [4.78, 5) is 0. The molecule has 0 radical (unpaired) electrons. The Morgan fingerprint density at radius 2 is 1.27 bits per heavy atom. The summed E-state index contributed by atoms with van der Waals surface area (Å²) in [6.45, 7) is 2.29. The number of alkyl halides is 5. The van der Waals surface area contributed by atoms with Gasteiger partial charge in [-0.2, -0.15) is 22.0 Å². The van der Waals surface area contributed by atoms with Crippen molar-refractivity contribution in [2.75, 3.05) is 6.61 Å². The van der Waals surface area contributed by atoms with Crippen LogP contribution in [0, 0.1) is 46.7 Å². The van der Waals surface area contributed by atoms with Gasteiger partial charge in [-0.15, -0.1) is 0 Å². The first-order valence-corrected chi connectivity index (χ1v) is 13.0. The molecule has 0 heterocycles. The van der Waals surface area contributed by atoms with Crippen LogP contribution in [0.5, 0.6) is 11.5 Å². The molecule has 4 rings (SSSR count). The minimum Gasteiger partial charge on any atom is -0.493 e. The zero-order chi connectivity index (χ0) is 33.1. The lowest BCUT2D eigenvalue weighted by atomic mass is 10.0. The molecular weight excluding hydrogens is 625 g/mol. The lowest BCUT2D eigenvalue weighted by molar-refractivity contribution is -0.187. The highest BCUT2D eigenvalue weighted by atomic mass is 19.4. The number of unbranched alkanes of at least 4 members (excludes halogenated alkanes) is 1. The Morgan fingerprint density at radius 3 is 1.82 bits per heavy atom. The van der Waals surface area contributed by atoms with E-state index in [0.717, 1.165) is 25.0 Å². The summed E-state index contributed by atoms with van der Waals surface area (Å²) in [5.41, 5.74) is -5.55. The number of rotatable bonds is 8. The van der Waals surface area contributed by atoms with Crippen molar-refractivity contribution in [3.8, 4) is 34.5 Å². The molecule has 0 aliphatic rings. The molecule has 236 valence electrons. The molecule has 0 fully saturated rings. The molecule has 2 nitrogen and oxygen atoms in total. The number of halogens is 11. The van der Waals surface area contributed by atoms with E-state index in [-0.39, 0.29) is 41.1 Å². The van der Waals surface area contributed by atoms with Crippen molar-refractivity contribution in [3.63, 3.8) is 0 Å². The van der Waals surface area contributed by atoms with Crippen LogP contribution in [0.1, 0.15) is 42.0 Å². The lowest BCUT2D eigenvalue weighted by Gasteiger charge is -2.19. The van der Waals surface area contributed by atoms with Crippen LogP contribution >= 0.6 is 0 Å². The van der Waals surface area contributed by atoms with E-state index in [0.29, 0.717) is 18.7 Å². The number of benzene rings is 4. The summed E-state index contributed by atoms with van der Waals surface area (Å²) < 4.78 is 164. The first kappa shape index (κ1) is 33.2. The van der Waals surface area contributed by atoms with Crippen molar-refractivity contribution in [3.05, 3.63) is 118 Å². The van der Waals surface area contributed by atoms with Gasteiger partial charge < -0.3 is 9.47 Å². The highest BCUT2D eigenvalue weighted by Crippen LogP contribution is 2.37. The smallest absolute Gasteiger partial charge is 0.429 e. The topological polar surface area (TPSA) is 18.5 Å². The maximum absolute atomic E-state index is 14.9. The summed E-state index contributed by atoms with van der Waals surface area (Å²) in [6, 6.07) is 6.89. The minimum atomic E-state index is -5.35. The summed E-state index contributed by atoms with van der Waals surface area (Å²) in [6.07, 6.45) is -8.25. The van der Waals surface area contributed by atoms with E-state index in [9.17, 15) is 48.3 Å². The van der Waals surface area contributed by atoms with Crippen molar-refractivity contribution < 1.29 is 57.8 Å². The van der Waals surface area contributed by atoms with Crippen LogP contribution in [0.15, 0.2) is 60.7 Å². The van der Waals surface area contributed by atoms with Gasteiger partial charge in [-0.3, -0.25) is 0 Å². The fraction of sp³-hybridized carbons (Fsp3) is 0.188. The molecule has 0 bridgehead atoms. The van der Waals surface area contributed by atoms with Gasteiger partial charge >= 0.3 is 12.3 Å². The second kappa shape index (κ2) is 13.1. The third-order valence-electron chi connectivity index (χ3n) is 6.22. The predicted octanol–water partition coefficient (Wildman–Crippen LogP) is 9.91. The fourth-order valence-electron chi connectivity index (χ4n) is 4.05. The van der Waals surface area contributed by atoms with Gasteiger partial charge in [-0.25, -0.2) is 26.3 Å². The van der Waals surface area contributed by atoms with Crippen LogP contribution < -0.4 is 9.47 Å². The molecule has 0 aromatic heterocycles. The van der Waals surface area contributed by atoms with Gasteiger partial charge in [0.05, 0.1) is 17.7 Å². The second-order valence-electron chi connectivity index (χ2n) is 9.48. The molecule has 0 saturated heterocycles. The summed E-state index contributed by atoms with van der Waals surface area (Å²) >= 11 is 0. The summed E-state index contributed by atoms with van der Waals surface area (Å²) in [5, 5.41) is 0. The van der Waals surface area contributed by atoms with E-state index < -0.39 is 75.2 Å². The lowest BCUT2D eigenvalue weighted by Crippen LogP contribution is -2.23. The molecule has 0 spiro atoms. The standard InChI is InChI=1S/C32H19F11O2/c1-2-3-10-44-19-6-8-21(24(33)14-19)18-5-9-23(27(36)13-18)32(42,43)45-20-15-25(34)22(26(35)16-20)7-4-17-11-28(37)30(29(38)12-17)31(39,40)41/h5-6,8-9,11-16H,2-3,10H2,1H3. The Hall–Kier alpha value is -4.73. The van der Waals surface area contributed by atoms with Crippen LogP contribution in [0.4, 0.5) is 48.3 Å². The molecule has 0 unspecified atom stereocenters. The van der Waals surface area contributed by atoms with Gasteiger partial charge in [0, 0.05) is 29.3 Å². The quantitative estimate of drug-likeness (QED) is 0.108. The molecular formula is C32H19F11O2. The molecule has 0 aliphatic heterocycles. The highest BCUT2D eigenvalue weighted by molar-refractivity contribution is 5.65. The largest absolute Gasteiger partial charge is 0.493 e. The maximum Gasteiger partial charge on any atom is 0.429 e. The number of hydrogen-bond donors (Lipinski definition) is 0.